The third-order valence-electron chi connectivity index (χ3n) is 4.05. The summed E-state index contributed by atoms with van der Waals surface area (Å²) >= 11 is 6.90. The summed E-state index contributed by atoms with van der Waals surface area (Å²) in [6.07, 6.45) is 0.933. The summed E-state index contributed by atoms with van der Waals surface area (Å²) in [6.45, 7) is 5.90. The van der Waals surface area contributed by atoms with Gasteiger partial charge in [-0.15, -0.1) is 21.8 Å². The Kier molecular flexibility index (Phi) is 7.53. The van der Waals surface area contributed by atoms with E-state index in [1.807, 2.05) is 45.0 Å². The van der Waals surface area contributed by atoms with Gasteiger partial charge in [0, 0.05) is 17.9 Å². The molecule has 26 heavy (non-hydrogen) atoms. The topological polar surface area (TPSA) is 84.0 Å². The fourth-order valence-corrected chi connectivity index (χ4v) is 3.30. The van der Waals surface area contributed by atoms with Crippen LogP contribution in [0.25, 0.3) is 10.6 Å². The molecule has 2 atom stereocenters. The number of carbonyl (C=O) groups is 2. The molecule has 8 heteroatoms. The second-order valence-electron chi connectivity index (χ2n) is 6.14. The van der Waals surface area contributed by atoms with Crippen LogP contribution in [0.4, 0.5) is 5.13 Å². The smallest absolute Gasteiger partial charge is 0.249 e. The number of aryl methyl sites for hydroxylation is 1. The zero-order chi connectivity index (χ0) is 19.1. The first kappa shape index (κ1) is 20.3. The van der Waals surface area contributed by atoms with E-state index in [1.54, 1.807) is 0 Å². The number of halogens is 1. The zero-order valence-electron chi connectivity index (χ0n) is 15.1. The molecule has 6 nitrogen and oxygen atoms in total. The lowest BCUT2D eigenvalue weighted by molar-refractivity contribution is -0.127. The highest BCUT2D eigenvalue weighted by Crippen LogP contribution is 2.27. The number of amides is 2. The van der Waals surface area contributed by atoms with Crippen molar-refractivity contribution in [3.05, 3.63) is 29.8 Å². The molecule has 0 spiro atoms. The van der Waals surface area contributed by atoms with E-state index in [2.05, 4.69) is 20.8 Å². The molecule has 1 aromatic heterocycles. The maximum atomic E-state index is 12.6. The Morgan fingerprint density at radius 2 is 2.08 bits per heavy atom. The van der Waals surface area contributed by atoms with Crippen molar-refractivity contribution in [3.63, 3.8) is 0 Å². The predicted molar refractivity (Wildman–Crippen MR) is 105 cm³/mol. The summed E-state index contributed by atoms with van der Waals surface area (Å²) in [4.78, 5) is 24.5. The van der Waals surface area contributed by atoms with Crippen LogP contribution in [0.1, 0.15) is 32.3 Å². The Morgan fingerprint density at radius 3 is 2.73 bits per heavy atom. The minimum absolute atomic E-state index is 0.0153. The average Bonchev–Trinajstić information content (AvgIpc) is 3.07. The second kappa shape index (κ2) is 9.64. The summed E-state index contributed by atoms with van der Waals surface area (Å²) in [6, 6.07) is 7.29. The van der Waals surface area contributed by atoms with Gasteiger partial charge in [-0.05, 0) is 18.9 Å². The minimum Gasteiger partial charge on any atom is -0.344 e. The highest BCUT2D eigenvalue weighted by atomic mass is 35.5. The SMILES string of the molecule is CC[C@H](C)[C@@H](NC(=O)CCCl)C(=O)Nc1nnc(-c2cccc(C)c2)s1. The van der Waals surface area contributed by atoms with Gasteiger partial charge in [0.2, 0.25) is 16.9 Å². The highest BCUT2D eigenvalue weighted by Gasteiger charge is 2.26. The number of alkyl halides is 1. The number of benzene rings is 1. The van der Waals surface area contributed by atoms with Gasteiger partial charge in [0.25, 0.3) is 0 Å². The van der Waals surface area contributed by atoms with Crippen LogP contribution in [-0.4, -0.2) is 33.9 Å². The van der Waals surface area contributed by atoms with Crippen LogP contribution in [0.3, 0.4) is 0 Å². The van der Waals surface area contributed by atoms with Gasteiger partial charge in [0.05, 0.1) is 0 Å². The van der Waals surface area contributed by atoms with Crippen molar-refractivity contribution < 1.29 is 9.59 Å². The second-order valence-corrected chi connectivity index (χ2v) is 7.50. The van der Waals surface area contributed by atoms with Crippen LogP contribution < -0.4 is 10.6 Å². The van der Waals surface area contributed by atoms with Gasteiger partial charge < -0.3 is 5.32 Å². The molecule has 2 amide bonds. The largest absolute Gasteiger partial charge is 0.344 e. The van der Waals surface area contributed by atoms with Crippen LogP contribution in [0.2, 0.25) is 0 Å². The Balaban J connectivity index is 2.10. The molecule has 2 N–H and O–H groups in total. The monoisotopic (exact) mass is 394 g/mol. The van der Waals surface area contributed by atoms with Crippen LogP contribution >= 0.6 is 22.9 Å². The number of hydrogen-bond donors (Lipinski definition) is 2. The van der Waals surface area contributed by atoms with E-state index in [4.69, 9.17) is 11.6 Å². The van der Waals surface area contributed by atoms with E-state index >= 15 is 0 Å². The molecule has 0 saturated heterocycles. The van der Waals surface area contributed by atoms with Crippen molar-refractivity contribution in [2.45, 2.75) is 39.7 Å². The third kappa shape index (κ3) is 5.51. The fraction of sp³-hybridized carbons (Fsp3) is 0.444. The quantitative estimate of drug-likeness (QED) is 0.670. The molecule has 0 fully saturated rings. The number of rotatable bonds is 8. The molecule has 1 heterocycles. The molecule has 0 aliphatic carbocycles. The molecule has 0 aliphatic rings. The number of anilines is 1. The lowest BCUT2D eigenvalue weighted by atomic mass is 9.98. The van der Waals surface area contributed by atoms with Gasteiger partial charge in [0.1, 0.15) is 11.0 Å². The number of nitrogens with one attached hydrogen (secondary N) is 2. The number of nitrogens with zero attached hydrogens (tertiary/aromatic N) is 2. The van der Waals surface area contributed by atoms with Crippen LogP contribution in [0.5, 0.6) is 0 Å². The molecule has 0 saturated carbocycles. The van der Waals surface area contributed by atoms with E-state index in [0.717, 1.165) is 22.6 Å². The molecule has 2 aromatic rings. The number of hydrogen-bond acceptors (Lipinski definition) is 5. The van der Waals surface area contributed by atoms with Crippen molar-refractivity contribution in [1.82, 2.24) is 15.5 Å². The molecule has 0 unspecified atom stereocenters. The van der Waals surface area contributed by atoms with Gasteiger partial charge in [-0.2, -0.15) is 0 Å². The van der Waals surface area contributed by atoms with Crippen molar-refractivity contribution in [3.8, 4) is 10.6 Å². The zero-order valence-corrected chi connectivity index (χ0v) is 16.7. The first-order chi connectivity index (χ1) is 12.4. The molecule has 0 radical (unpaired) electrons. The molecule has 1 aromatic carbocycles. The summed E-state index contributed by atoms with van der Waals surface area (Å²) < 4.78 is 0. The lowest BCUT2D eigenvalue weighted by Gasteiger charge is -2.22. The Labute approximate surface area is 162 Å². The van der Waals surface area contributed by atoms with E-state index < -0.39 is 6.04 Å². The Bertz CT molecular complexity index is 765. The van der Waals surface area contributed by atoms with E-state index in [9.17, 15) is 9.59 Å². The normalized spacial score (nSPS) is 13.1. The van der Waals surface area contributed by atoms with Crippen LogP contribution in [0, 0.1) is 12.8 Å². The van der Waals surface area contributed by atoms with Crippen molar-refractivity contribution >= 4 is 39.9 Å². The van der Waals surface area contributed by atoms with Gasteiger partial charge in [-0.3, -0.25) is 14.9 Å². The van der Waals surface area contributed by atoms with Crippen molar-refractivity contribution in [2.24, 2.45) is 5.92 Å². The lowest BCUT2D eigenvalue weighted by Crippen LogP contribution is -2.47. The Hall–Kier alpha value is -1.99. The van der Waals surface area contributed by atoms with Gasteiger partial charge >= 0.3 is 0 Å². The first-order valence-corrected chi connectivity index (χ1v) is 9.86. The predicted octanol–water partition coefficient (Wildman–Crippen LogP) is 3.61. The fourth-order valence-electron chi connectivity index (χ4n) is 2.38. The summed E-state index contributed by atoms with van der Waals surface area (Å²) in [5, 5.41) is 14.9. The molecular formula is C18H23ClN4O2S. The van der Waals surface area contributed by atoms with E-state index in [1.165, 1.54) is 11.3 Å². The number of carbonyl (C=O) groups excluding carboxylic acids is 2. The van der Waals surface area contributed by atoms with Gasteiger partial charge in [-0.25, -0.2) is 0 Å². The van der Waals surface area contributed by atoms with Crippen molar-refractivity contribution in [2.75, 3.05) is 11.2 Å². The van der Waals surface area contributed by atoms with Crippen molar-refractivity contribution in [1.29, 1.82) is 0 Å². The molecule has 0 aliphatic heterocycles. The van der Waals surface area contributed by atoms with Crippen LogP contribution in [0.15, 0.2) is 24.3 Å². The first-order valence-electron chi connectivity index (χ1n) is 8.51. The summed E-state index contributed by atoms with van der Waals surface area (Å²) in [7, 11) is 0. The summed E-state index contributed by atoms with van der Waals surface area (Å²) in [5.74, 6) is -0.331. The Morgan fingerprint density at radius 1 is 1.31 bits per heavy atom. The standard InChI is InChI=1S/C18H23ClN4O2S/c1-4-12(3)15(20-14(24)8-9-19)16(25)21-18-23-22-17(26-18)13-7-5-6-11(2)10-13/h5-7,10,12,15H,4,8-9H2,1-3H3,(H,20,24)(H,21,23,25)/t12-,15+/m0/s1. The minimum atomic E-state index is -0.637. The maximum Gasteiger partial charge on any atom is 0.249 e. The van der Waals surface area contributed by atoms with Gasteiger partial charge in [-0.1, -0.05) is 55.4 Å². The number of aromatic nitrogens is 2. The molecule has 0 bridgehead atoms. The molecular weight excluding hydrogens is 372 g/mol. The molecule has 2 rings (SSSR count). The van der Waals surface area contributed by atoms with Gasteiger partial charge in [0.15, 0.2) is 0 Å². The highest BCUT2D eigenvalue weighted by molar-refractivity contribution is 7.18. The average molecular weight is 395 g/mol. The third-order valence-corrected chi connectivity index (χ3v) is 5.13. The van der Waals surface area contributed by atoms with Crippen LogP contribution in [-0.2, 0) is 9.59 Å². The molecule has 140 valence electrons. The van der Waals surface area contributed by atoms with E-state index in [-0.39, 0.29) is 30.0 Å². The maximum absolute atomic E-state index is 12.6. The summed E-state index contributed by atoms with van der Waals surface area (Å²) in [5.41, 5.74) is 2.08. The van der Waals surface area contributed by atoms with E-state index in [0.29, 0.717) is 5.13 Å².